The molecule has 6 nitrogen and oxygen atoms in total. The van der Waals surface area contributed by atoms with E-state index in [-0.39, 0.29) is 23.2 Å². The number of benzene rings is 3. The number of para-hydroxylation sites is 1. The van der Waals surface area contributed by atoms with Crippen LogP contribution in [0, 0.1) is 0 Å². The van der Waals surface area contributed by atoms with Gasteiger partial charge in [0.25, 0.3) is 11.5 Å². The van der Waals surface area contributed by atoms with Crippen LogP contribution in [0.1, 0.15) is 22.1 Å². The minimum Gasteiger partial charge on any atom is -0.349 e. The van der Waals surface area contributed by atoms with E-state index in [2.05, 4.69) is 15.3 Å². The van der Waals surface area contributed by atoms with Crippen molar-refractivity contribution in [2.45, 2.75) is 6.04 Å². The van der Waals surface area contributed by atoms with Gasteiger partial charge in [0.1, 0.15) is 0 Å². The van der Waals surface area contributed by atoms with E-state index in [1.165, 1.54) is 4.68 Å². The number of nitrogens with one attached hydrogen (secondary N) is 1. The molecule has 0 aliphatic carbocycles. The molecule has 4 rings (SSSR count). The van der Waals surface area contributed by atoms with Crippen LogP contribution in [0.5, 0.6) is 0 Å². The Hall–Kier alpha value is -3.77. The maximum atomic E-state index is 13.2. The Morgan fingerprint density at radius 1 is 0.903 bits per heavy atom. The Morgan fingerprint density at radius 2 is 1.48 bits per heavy atom. The number of rotatable bonds is 6. The van der Waals surface area contributed by atoms with Gasteiger partial charge in [-0.15, -0.1) is 0 Å². The lowest BCUT2D eigenvalue weighted by Crippen LogP contribution is -2.36. The zero-order chi connectivity index (χ0) is 21.8. The average molecular weight is 412 g/mol. The van der Waals surface area contributed by atoms with Crippen LogP contribution in [0.15, 0.2) is 89.7 Å². The molecule has 0 fully saturated rings. The largest absolute Gasteiger partial charge is 0.349 e. The van der Waals surface area contributed by atoms with Gasteiger partial charge in [-0.2, -0.15) is 9.78 Å². The molecule has 0 aliphatic rings. The summed E-state index contributed by atoms with van der Waals surface area (Å²) in [4.78, 5) is 28.3. The fraction of sp³-hybridized carbons (Fsp3) is 0.160. The fourth-order valence-electron chi connectivity index (χ4n) is 3.65. The summed E-state index contributed by atoms with van der Waals surface area (Å²) in [7, 11) is 3.96. The van der Waals surface area contributed by atoms with Crippen molar-refractivity contribution in [3.63, 3.8) is 0 Å². The van der Waals surface area contributed by atoms with E-state index < -0.39 is 0 Å². The molecule has 4 aromatic rings. The number of nitrogens with zero attached hydrogens (tertiary/aromatic N) is 3. The fourth-order valence-corrected chi connectivity index (χ4v) is 3.65. The standard InChI is InChI=1S/C25H24N4O2/c1-28(2)22(18-11-5-3-6-12-18)17-26-24(30)23-20-15-9-10-16-21(20)25(31)29(27-23)19-13-7-4-8-14-19/h3-16,22H,17H2,1-2H3,(H,26,30)/t22-/m1/s1. The molecule has 1 aromatic heterocycles. The van der Waals surface area contributed by atoms with Crippen molar-refractivity contribution >= 4 is 16.7 Å². The first kappa shape index (κ1) is 20.5. The monoisotopic (exact) mass is 412 g/mol. The Balaban J connectivity index is 1.71. The molecule has 0 spiro atoms. The molecule has 0 aliphatic heterocycles. The summed E-state index contributed by atoms with van der Waals surface area (Å²) in [5, 5.41) is 8.45. The first-order valence-corrected chi connectivity index (χ1v) is 10.1. The second-order valence-corrected chi connectivity index (χ2v) is 7.55. The number of hydrogen-bond donors (Lipinski definition) is 1. The normalized spacial score (nSPS) is 12.1. The molecule has 1 heterocycles. The molecule has 1 amide bonds. The molecule has 0 saturated heterocycles. The van der Waals surface area contributed by atoms with Crippen LogP contribution in [0.25, 0.3) is 16.5 Å². The Kier molecular flexibility index (Phi) is 5.91. The Labute approximate surface area is 180 Å². The van der Waals surface area contributed by atoms with Crippen molar-refractivity contribution in [2.75, 3.05) is 20.6 Å². The molecule has 0 unspecified atom stereocenters. The first-order valence-electron chi connectivity index (χ1n) is 10.1. The van der Waals surface area contributed by atoms with E-state index in [1.54, 1.807) is 36.4 Å². The molecule has 0 radical (unpaired) electrons. The lowest BCUT2D eigenvalue weighted by atomic mass is 10.1. The summed E-state index contributed by atoms with van der Waals surface area (Å²) in [5.74, 6) is -0.316. The van der Waals surface area contributed by atoms with Gasteiger partial charge in [0.2, 0.25) is 0 Å². The first-order chi connectivity index (χ1) is 15.1. The second-order valence-electron chi connectivity index (χ2n) is 7.55. The highest BCUT2D eigenvalue weighted by atomic mass is 16.2. The van der Waals surface area contributed by atoms with E-state index in [1.807, 2.05) is 62.6 Å². The summed E-state index contributed by atoms with van der Waals surface area (Å²) < 4.78 is 1.29. The van der Waals surface area contributed by atoms with Crippen LogP contribution in [-0.2, 0) is 0 Å². The minimum atomic E-state index is -0.316. The van der Waals surface area contributed by atoms with Gasteiger partial charge in [-0.05, 0) is 37.9 Å². The summed E-state index contributed by atoms with van der Waals surface area (Å²) in [6.07, 6.45) is 0. The molecule has 1 N–H and O–H groups in total. The topological polar surface area (TPSA) is 67.2 Å². The number of aromatic nitrogens is 2. The van der Waals surface area contributed by atoms with Crippen molar-refractivity contribution in [1.29, 1.82) is 0 Å². The number of carbonyl (C=O) groups is 1. The van der Waals surface area contributed by atoms with Gasteiger partial charge < -0.3 is 10.2 Å². The van der Waals surface area contributed by atoms with E-state index in [0.717, 1.165) is 5.56 Å². The van der Waals surface area contributed by atoms with Crippen LogP contribution in [-0.4, -0.2) is 41.2 Å². The van der Waals surface area contributed by atoms with Gasteiger partial charge in [-0.3, -0.25) is 9.59 Å². The van der Waals surface area contributed by atoms with Crippen molar-refractivity contribution in [1.82, 2.24) is 20.0 Å². The van der Waals surface area contributed by atoms with Gasteiger partial charge in [0, 0.05) is 11.9 Å². The van der Waals surface area contributed by atoms with Crippen molar-refractivity contribution < 1.29 is 4.79 Å². The zero-order valence-electron chi connectivity index (χ0n) is 17.5. The van der Waals surface area contributed by atoms with Gasteiger partial charge in [-0.1, -0.05) is 66.7 Å². The summed E-state index contributed by atoms with van der Waals surface area (Å²) in [6.45, 7) is 0.413. The Morgan fingerprint density at radius 3 is 2.13 bits per heavy atom. The van der Waals surface area contributed by atoms with Crippen LogP contribution < -0.4 is 10.9 Å². The second kappa shape index (κ2) is 8.93. The predicted octanol–water partition coefficient (Wildman–Crippen LogP) is 3.42. The number of hydrogen-bond acceptors (Lipinski definition) is 4. The number of fused-ring (bicyclic) bond motifs is 1. The summed E-state index contributed by atoms with van der Waals surface area (Å²) in [5.41, 5.74) is 1.70. The molecule has 31 heavy (non-hydrogen) atoms. The third-order valence-corrected chi connectivity index (χ3v) is 5.28. The van der Waals surface area contributed by atoms with Crippen LogP contribution >= 0.6 is 0 Å². The van der Waals surface area contributed by atoms with Crippen molar-refractivity contribution in [3.8, 4) is 5.69 Å². The third-order valence-electron chi connectivity index (χ3n) is 5.28. The maximum absolute atomic E-state index is 13.2. The number of amides is 1. The maximum Gasteiger partial charge on any atom is 0.279 e. The Bertz CT molecular complexity index is 1250. The molecule has 6 heteroatoms. The van der Waals surface area contributed by atoms with Gasteiger partial charge >= 0.3 is 0 Å². The van der Waals surface area contributed by atoms with E-state index in [9.17, 15) is 9.59 Å². The van der Waals surface area contributed by atoms with Crippen molar-refractivity contribution in [2.24, 2.45) is 0 Å². The molecule has 1 atom stereocenters. The SMILES string of the molecule is CN(C)[C@H](CNC(=O)c1nn(-c2ccccc2)c(=O)c2ccccc12)c1ccccc1. The van der Waals surface area contributed by atoms with E-state index in [0.29, 0.717) is 23.0 Å². The lowest BCUT2D eigenvalue weighted by molar-refractivity contribution is 0.0937. The molecule has 0 saturated carbocycles. The molecule has 0 bridgehead atoms. The van der Waals surface area contributed by atoms with Crippen molar-refractivity contribution in [3.05, 3.63) is 107 Å². The molecule has 156 valence electrons. The highest BCUT2D eigenvalue weighted by Crippen LogP contribution is 2.18. The van der Waals surface area contributed by atoms with Crippen LogP contribution in [0.4, 0.5) is 0 Å². The highest BCUT2D eigenvalue weighted by molar-refractivity contribution is 6.04. The number of carbonyl (C=O) groups excluding carboxylic acids is 1. The van der Waals surface area contributed by atoms with Gasteiger partial charge in [0.15, 0.2) is 5.69 Å². The molecular formula is C25H24N4O2. The average Bonchev–Trinajstić information content (AvgIpc) is 2.80. The predicted molar refractivity (Wildman–Crippen MR) is 123 cm³/mol. The highest BCUT2D eigenvalue weighted by Gasteiger charge is 2.20. The quantitative estimate of drug-likeness (QED) is 0.527. The van der Waals surface area contributed by atoms with Gasteiger partial charge in [-0.25, -0.2) is 0 Å². The zero-order valence-corrected chi connectivity index (χ0v) is 17.5. The molecule has 3 aromatic carbocycles. The van der Waals surface area contributed by atoms with E-state index >= 15 is 0 Å². The smallest absolute Gasteiger partial charge is 0.279 e. The van der Waals surface area contributed by atoms with Crippen LogP contribution in [0.3, 0.4) is 0 Å². The summed E-state index contributed by atoms with van der Waals surface area (Å²) >= 11 is 0. The lowest BCUT2D eigenvalue weighted by Gasteiger charge is -2.25. The summed E-state index contributed by atoms with van der Waals surface area (Å²) in [6, 6.07) is 26.2. The van der Waals surface area contributed by atoms with Gasteiger partial charge in [0.05, 0.1) is 17.1 Å². The minimum absolute atomic E-state index is 0.0106. The van der Waals surface area contributed by atoms with Crippen LogP contribution in [0.2, 0.25) is 0 Å². The number of likely N-dealkylation sites (N-methyl/N-ethyl adjacent to an activating group) is 1. The van der Waals surface area contributed by atoms with E-state index in [4.69, 9.17) is 0 Å². The molecular weight excluding hydrogens is 388 g/mol. The third kappa shape index (κ3) is 4.25.